The van der Waals surface area contributed by atoms with Crippen LogP contribution in [0.3, 0.4) is 0 Å². The van der Waals surface area contributed by atoms with Gasteiger partial charge in [-0.15, -0.1) is 22.9 Å². The van der Waals surface area contributed by atoms with Gasteiger partial charge >= 0.3 is 0 Å². The summed E-state index contributed by atoms with van der Waals surface area (Å²) < 4.78 is 7.27. The van der Waals surface area contributed by atoms with Crippen molar-refractivity contribution < 1.29 is 4.74 Å². The van der Waals surface area contributed by atoms with Crippen molar-refractivity contribution in [1.82, 2.24) is 0 Å². The number of hydrogen-bond acceptors (Lipinski definition) is 2. The maximum atomic E-state index is 6.44. The highest BCUT2D eigenvalue weighted by molar-refractivity contribution is 9.13. The van der Waals surface area contributed by atoms with E-state index in [-0.39, 0.29) is 5.38 Å². The molecule has 0 aliphatic carbocycles. The standard InChI is InChI=1S/C13H11Br2ClOS/c1-17-9-4-2-8(3-5-9)6-11(16)12-7-10(14)13(15)18-12/h2-5,7,11H,6H2,1H3. The first kappa shape index (κ1) is 14.4. The van der Waals surface area contributed by atoms with Gasteiger partial charge in [-0.2, -0.15) is 0 Å². The zero-order chi connectivity index (χ0) is 13.1. The maximum Gasteiger partial charge on any atom is 0.118 e. The molecule has 1 unspecified atom stereocenters. The molecule has 2 rings (SSSR count). The van der Waals surface area contributed by atoms with Crippen molar-refractivity contribution in [2.24, 2.45) is 0 Å². The third-order valence-corrected chi connectivity index (χ3v) is 6.44. The Morgan fingerprint density at radius 3 is 2.44 bits per heavy atom. The summed E-state index contributed by atoms with van der Waals surface area (Å²) in [4.78, 5) is 1.16. The van der Waals surface area contributed by atoms with Crippen LogP contribution in [-0.2, 0) is 6.42 Å². The Labute approximate surface area is 132 Å². The third-order valence-electron chi connectivity index (χ3n) is 2.55. The van der Waals surface area contributed by atoms with E-state index in [2.05, 4.69) is 37.9 Å². The summed E-state index contributed by atoms with van der Waals surface area (Å²) in [5.74, 6) is 0.867. The fourth-order valence-electron chi connectivity index (χ4n) is 1.59. The molecule has 0 fully saturated rings. The molecule has 0 N–H and O–H groups in total. The van der Waals surface area contributed by atoms with Gasteiger partial charge in [-0.1, -0.05) is 12.1 Å². The molecule has 5 heteroatoms. The fourth-order valence-corrected chi connectivity index (χ4v) is 4.03. The number of rotatable bonds is 4. The maximum absolute atomic E-state index is 6.44. The third kappa shape index (κ3) is 3.50. The molecular formula is C13H11Br2ClOS. The van der Waals surface area contributed by atoms with Crippen LogP contribution in [0.4, 0.5) is 0 Å². The molecule has 0 saturated carbocycles. The summed E-state index contributed by atoms with van der Waals surface area (Å²) in [6.45, 7) is 0. The van der Waals surface area contributed by atoms with E-state index in [1.165, 1.54) is 5.56 Å². The first-order chi connectivity index (χ1) is 8.60. The van der Waals surface area contributed by atoms with Gasteiger partial charge in [0, 0.05) is 9.35 Å². The molecular weight excluding hydrogens is 399 g/mol. The Hall–Kier alpha value is -0.0300. The monoisotopic (exact) mass is 408 g/mol. The molecule has 1 nitrogen and oxygen atoms in total. The minimum absolute atomic E-state index is 0.00834. The normalized spacial score (nSPS) is 12.4. The minimum atomic E-state index is -0.00834. The van der Waals surface area contributed by atoms with Crippen molar-refractivity contribution in [3.05, 3.63) is 49.0 Å². The van der Waals surface area contributed by atoms with Crippen LogP contribution in [0.25, 0.3) is 0 Å². The van der Waals surface area contributed by atoms with Gasteiger partial charge in [0.2, 0.25) is 0 Å². The van der Waals surface area contributed by atoms with Crippen LogP contribution in [-0.4, -0.2) is 7.11 Å². The van der Waals surface area contributed by atoms with Crippen LogP contribution in [0.2, 0.25) is 0 Å². The number of hydrogen-bond donors (Lipinski definition) is 0. The Balaban J connectivity index is 2.08. The van der Waals surface area contributed by atoms with Gasteiger partial charge in [-0.3, -0.25) is 0 Å². The predicted molar refractivity (Wildman–Crippen MR) is 85.0 cm³/mol. The van der Waals surface area contributed by atoms with E-state index in [0.29, 0.717) is 0 Å². The average Bonchev–Trinajstić information content (AvgIpc) is 2.71. The van der Waals surface area contributed by atoms with Crippen LogP contribution in [0, 0.1) is 0 Å². The second kappa shape index (κ2) is 6.42. The Bertz CT molecular complexity index is 505. The molecule has 1 atom stereocenters. The molecule has 0 bridgehead atoms. The smallest absolute Gasteiger partial charge is 0.118 e. The molecule has 1 aromatic carbocycles. The van der Waals surface area contributed by atoms with Crippen molar-refractivity contribution in [2.75, 3.05) is 7.11 Å². The zero-order valence-electron chi connectivity index (χ0n) is 9.62. The molecule has 0 aliphatic rings. The predicted octanol–water partition coefficient (Wildman–Crippen LogP) is 5.80. The van der Waals surface area contributed by atoms with Gasteiger partial charge in [-0.05, 0) is 62.0 Å². The minimum Gasteiger partial charge on any atom is -0.497 e. The van der Waals surface area contributed by atoms with Crippen molar-refractivity contribution in [3.8, 4) is 5.75 Å². The summed E-state index contributed by atoms with van der Waals surface area (Å²) in [7, 11) is 1.67. The van der Waals surface area contributed by atoms with E-state index in [1.54, 1.807) is 18.4 Å². The van der Waals surface area contributed by atoms with E-state index < -0.39 is 0 Å². The lowest BCUT2D eigenvalue weighted by Crippen LogP contribution is -1.93. The molecule has 96 valence electrons. The second-order valence-corrected chi connectivity index (χ2v) is 7.57. The number of benzene rings is 1. The van der Waals surface area contributed by atoms with Crippen molar-refractivity contribution >= 4 is 54.8 Å². The number of halogens is 3. The Morgan fingerprint density at radius 1 is 1.28 bits per heavy atom. The largest absolute Gasteiger partial charge is 0.497 e. The van der Waals surface area contributed by atoms with Crippen LogP contribution in [0.5, 0.6) is 5.75 Å². The van der Waals surface area contributed by atoms with Gasteiger partial charge in [0.1, 0.15) is 5.75 Å². The van der Waals surface area contributed by atoms with Crippen LogP contribution >= 0.6 is 54.8 Å². The van der Waals surface area contributed by atoms with Crippen molar-refractivity contribution in [1.29, 1.82) is 0 Å². The number of ether oxygens (including phenoxy) is 1. The summed E-state index contributed by atoms with van der Waals surface area (Å²) in [5.41, 5.74) is 1.21. The highest BCUT2D eigenvalue weighted by atomic mass is 79.9. The van der Waals surface area contributed by atoms with Gasteiger partial charge < -0.3 is 4.74 Å². The first-order valence-corrected chi connectivity index (χ1v) is 8.15. The van der Waals surface area contributed by atoms with Gasteiger partial charge in [0.15, 0.2) is 0 Å². The topological polar surface area (TPSA) is 9.23 Å². The molecule has 0 amide bonds. The fraction of sp³-hybridized carbons (Fsp3) is 0.231. The van der Waals surface area contributed by atoms with Crippen LogP contribution in [0.15, 0.2) is 38.6 Å². The average molecular weight is 411 g/mol. The lowest BCUT2D eigenvalue weighted by molar-refractivity contribution is 0.414. The molecule has 2 aromatic rings. The molecule has 0 spiro atoms. The van der Waals surface area contributed by atoms with E-state index >= 15 is 0 Å². The molecule has 0 saturated heterocycles. The van der Waals surface area contributed by atoms with Gasteiger partial charge in [0.05, 0.1) is 16.3 Å². The summed E-state index contributed by atoms with van der Waals surface area (Å²) in [5, 5.41) is -0.00834. The number of methoxy groups -OCH3 is 1. The SMILES string of the molecule is COc1ccc(CC(Cl)c2cc(Br)c(Br)s2)cc1. The summed E-state index contributed by atoms with van der Waals surface area (Å²) >= 11 is 15.1. The highest BCUT2D eigenvalue weighted by Gasteiger charge is 2.14. The Morgan fingerprint density at radius 2 is 1.94 bits per heavy atom. The highest BCUT2D eigenvalue weighted by Crippen LogP contribution is 2.38. The van der Waals surface area contributed by atoms with Gasteiger partial charge in [0.25, 0.3) is 0 Å². The molecule has 0 aliphatic heterocycles. The summed E-state index contributed by atoms with van der Waals surface area (Å²) in [6, 6.07) is 10.1. The first-order valence-electron chi connectivity index (χ1n) is 5.32. The van der Waals surface area contributed by atoms with E-state index in [4.69, 9.17) is 16.3 Å². The molecule has 18 heavy (non-hydrogen) atoms. The van der Waals surface area contributed by atoms with Crippen LogP contribution < -0.4 is 4.74 Å². The second-order valence-electron chi connectivity index (χ2n) is 3.79. The number of alkyl halides is 1. The number of thiophene rings is 1. The quantitative estimate of drug-likeness (QED) is 0.579. The Kier molecular flexibility index (Phi) is 5.13. The van der Waals surface area contributed by atoms with E-state index in [1.807, 2.05) is 24.3 Å². The van der Waals surface area contributed by atoms with Gasteiger partial charge in [-0.25, -0.2) is 0 Å². The summed E-state index contributed by atoms with van der Waals surface area (Å²) in [6.07, 6.45) is 0.810. The lowest BCUT2D eigenvalue weighted by atomic mass is 10.1. The molecule has 1 heterocycles. The van der Waals surface area contributed by atoms with Crippen molar-refractivity contribution in [3.63, 3.8) is 0 Å². The van der Waals surface area contributed by atoms with E-state index in [9.17, 15) is 0 Å². The lowest BCUT2D eigenvalue weighted by Gasteiger charge is -2.08. The molecule has 0 radical (unpaired) electrons. The van der Waals surface area contributed by atoms with Crippen molar-refractivity contribution in [2.45, 2.75) is 11.8 Å². The zero-order valence-corrected chi connectivity index (χ0v) is 14.4. The van der Waals surface area contributed by atoms with Crippen LogP contribution in [0.1, 0.15) is 15.8 Å². The molecule has 1 aromatic heterocycles. The van der Waals surface area contributed by atoms with E-state index in [0.717, 1.165) is 25.3 Å².